The number of hydrogen-bond donors (Lipinski definition) is 1. The van der Waals surface area contributed by atoms with Crippen molar-refractivity contribution in [1.82, 2.24) is 14.5 Å². The van der Waals surface area contributed by atoms with Crippen LogP contribution in [-0.2, 0) is 30.9 Å². The van der Waals surface area contributed by atoms with E-state index in [0.29, 0.717) is 25.1 Å². The summed E-state index contributed by atoms with van der Waals surface area (Å²) < 4.78 is 29.8. The van der Waals surface area contributed by atoms with Gasteiger partial charge < -0.3 is 15.0 Å². The van der Waals surface area contributed by atoms with E-state index in [2.05, 4.69) is 5.32 Å². The van der Waals surface area contributed by atoms with Gasteiger partial charge in [0.2, 0.25) is 21.8 Å². The minimum absolute atomic E-state index is 0.155. The standard InChI is InChI=1S/C23H31N3O5S/c1-25(32(3,29)30)18-21(27)26(17-19-11-6-4-7-12-19)22(20-13-8-5-9-14-20)23(28)24-15-10-16-31-2/h4-9,11-14,22H,10,15-18H2,1-3H3,(H,24,28). The number of amides is 2. The number of carbonyl (C=O) groups is 2. The average Bonchev–Trinajstić information content (AvgIpc) is 2.77. The molecule has 8 nitrogen and oxygen atoms in total. The number of nitrogens with one attached hydrogen (secondary N) is 1. The van der Waals surface area contributed by atoms with Gasteiger partial charge in [0.1, 0.15) is 6.04 Å². The molecule has 0 aromatic heterocycles. The van der Waals surface area contributed by atoms with Gasteiger partial charge in [-0.15, -0.1) is 0 Å². The molecule has 0 bridgehead atoms. The Morgan fingerprint density at radius 2 is 1.62 bits per heavy atom. The number of ether oxygens (including phenoxy) is 1. The summed E-state index contributed by atoms with van der Waals surface area (Å²) in [5.41, 5.74) is 1.47. The van der Waals surface area contributed by atoms with Crippen LogP contribution in [0.15, 0.2) is 60.7 Å². The minimum atomic E-state index is -3.56. The van der Waals surface area contributed by atoms with Gasteiger partial charge in [-0.05, 0) is 17.5 Å². The first-order valence-corrected chi connectivity index (χ1v) is 12.1. The molecule has 0 aliphatic carbocycles. The molecule has 0 saturated carbocycles. The van der Waals surface area contributed by atoms with Gasteiger partial charge in [-0.2, -0.15) is 4.31 Å². The van der Waals surface area contributed by atoms with E-state index in [-0.39, 0.29) is 19.0 Å². The zero-order chi connectivity index (χ0) is 23.6. The predicted octanol–water partition coefficient (Wildman–Crippen LogP) is 1.80. The second-order valence-electron chi connectivity index (χ2n) is 7.48. The highest BCUT2D eigenvalue weighted by atomic mass is 32.2. The molecule has 0 radical (unpaired) electrons. The summed E-state index contributed by atoms with van der Waals surface area (Å²) in [5, 5.41) is 2.88. The lowest BCUT2D eigenvalue weighted by Crippen LogP contribution is -2.47. The molecule has 0 saturated heterocycles. The smallest absolute Gasteiger partial charge is 0.247 e. The highest BCUT2D eigenvalue weighted by Crippen LogP contribution is 2.24. The lowest BCUT2D eigenvalue weighted by molar-refractivity contribution is -0.141. The topological polar surface area (TPSA) is 96.0 Å². The van der Waals surface area contributed by atoms with E-state index in [1.165, 1.54) is 11.9 Å². The van der Waals surface area contributed by atoms with Gasteiger partial charge in [-0.1, -0.05) is 60.7 Å². The van der Waals surface area contributed by atoms with Crippen LogP contribution >= 0.6 is 0 Å². The Balaban J connectivity index is 2.40. The lowest BCUT2D eigenvalue weighted by Gasteiger charge is -2.32. The third kappa shape index (κ3) is 7.74. The third-order valence-electron chi connectivity index (χ3n) is 4.94. The molecule has 2 amide bonds. The van der Waals surface area contributed by atoms with Crippen LogP contribution in [0.4, 0.5) is 0 Å². The van der Waals surface area contributed by atoms with Crippen LogP contribution in [0.3, 0.4) is 0 Å². The van der Waals surface area contributed by atoms with Crippen LogP contribution in [0, 0.1) is 0 Å². The van der Waals surface area contributed by atoms with E-state index in [1.54, 1.807) is 31.4 Å². The molecular weight excluding hydrogens is 430 g/mol. The first-order valence-electron chi connectivity index (χ1n) is 10.3. The van der Waals surface area contributed by atoms with Crippen LogP contribution in [-0.4, -0.2) is 69.5 Å². The van der Waals surface area contributed by atoms with Crippen molar-refractivity contribution < 1.29 is 22.7 Å². The Labute approximate surface area is 190 Å². The first-order chi connectivity index (χ1) is 15.2. The fraction of sp³-hybridized carbons (Fsp3) is 0.391. The highest BCUT2D eigenvalue weighted by molar-refractivity contribution is 7.88. The molecule has 1 unspecified atom stereocenters. The number of rotatable bonds is 12. The van der Waals surface area contributed by atoms with Crippen molar-refractivity contribution in [1.29, 1.82) is 0 Å². The summed E-state index contributed by atoms with van der Waals surface area (Å²) in [4.78, 5) is 28.0. The summed E-state index contributed by atoms with van der Waals surface area (Å²) in [6.45, 7) is 0.684. The number of likely N-dealkylation sites (N-methyl/N-ethyl adjacent to an activating group) is 1. The Morgan fingerprint density at radius 3 is 2.19 bits per heavy atom. The molecule has 9 heteroatoms. The van der Waals surface area contributed by atoms with Gasteiger partial charge >= 0.3 is 0 Å². The van der Waals surface area contributed by atoms with Crippen molar-refractivity contribution in [3.05, 3.63) is 71.8 Å². The molecule has 2 aromatic carbocycles. The molecule has 1 N–H and O–H groups in total. The van der Waals surface area contributed by atoms with Crippen LogP contribution in [0.2, 0.25) is 0 Å². The van der Waals surface area contributed by atoms with E-state index < -0.39 is 22.0 Å². The van der Waals surface area contributed by atoms with Crippen molar-refractivity contribution in [3.63, 3.8) is 0 Å². The number of nitrogens with zero attached hydrogens (tertiary/aromatic N) is 2. The van der Waals surface area contributed by atoms with Crippen molar-refractivity contribution in [2.24, 2.45) is 0 Å². The Kier molecular flexibility index (Phi) is 9.83. The Morgan fingerprint density at radius 1 is 1.03 bits per heavy atom. The quantitative estimate of drug-likeness (QED) is 0.486. The molecular formula is C23H31N3O5S. The summed E-state index contributed by atoms with van der Waals surface area (Å²) in [5.74, 6) is -0.804. The average molecular weight is 462 g/mol. The summed E-state index contributed by atoms with van der Waals surface area (Å²) in [6, 6.07) is 17.4. The molecule has 0 spiro atoms. The number of carbonyl (C=O) groups excluding carboxylic acids is 2. The molecule has 2 aromatic rings. The molecule has 174 valence electrons. The summed E-state index contributed by atoms with van der Waals surface area (Å²) >= 11 is 0. The van der Waals surface area contributed by atoms with Crippen LogP contribution < -0.4 is 5.32 Å². The third-order valence-corrected chi connectivity index (χ3v) is 6.20. The van der Waals surface area contributed by atoms with Crippen molar-refractivity contribution >= 4 is 21.8 Å². The lowest BCUT2D eigenvalue weighted by atomic mass is 10.0. The summed E-state index contributed by atoms with van der Waals surface area (Å²) in [7, 11) is -0.630. The Hall–Kier alpha value is -2.75. The van der Waals surface area contributed by atoms with E-state index in [1.807, 2.05) is 36.4 Å². The second kappa shape index (κ2) is 12.3. The van der Waals surface area contributed by atoms with E-state index >= 15 is 0 Å². The number of methoxy groups -OCH3 is 1. The molecule has 0 fully saturated rings. The van der Waals surface area contributed by atoms with E-state index in [9.17, 15) is 18.0 Å². The van der Waals surface area contributed by atoms with Gasteiger partial charge in [0.15, 0.2) is 0 Å². The maximum absolute atomic E-state index is 13.3. The molecule has 0 aliphatic rings. The van der Waals surface area contributed by atoms with Gasteiger partial charge in [0.25, 0.3) is 0 Å². The predicted molar refractivity (Wildman–Crippen MR) is 123 cm³/mol. The van der Waals surface area contributed by atoms with Crippen molar-refractivity contribution in [3.8, 4) is 0 Å². The SMILES string of the molecule is COCCCNC(=O)C(c1ccccc1)N(Cc1ccccc1)C(=O)CN(C)S(C)(=O)=O. The molecule has 0 heterocycles. The minimum Gasteiger partial charge on any atom is -0.385 e. The monoisotopic (exact) mass is 461 g/mol. The molecule has 32 heavy (non-hydrogen) atoms. The zero-order valence-corrected chi connectivity index (χ0v) is 19.5. The van der Waals surface area contributed by atoms with Gasteiger partial charge in [0.05, 0.1) is 12.8 Å². The largest absolute Gasteiger partial charge is 0.385 e. The molecule has 1 atom stereocenters. The van der Waals surface area contributed by atoms with Crippen molar-refractivity contribution in [2.45, 2.75) is 19.0 Å². The Bertz CT molecular complexity index is 968. The number of sulfonamides is 1. The van der Waals surface area contributed by atoms with E-state index in [4.69, 9.17) is 4.74 Å². The second-order valence-corrected chi connectivity index (χ2v) is 9.57. The first kappa shape index (κ1) is 25.5. The zero-order valence-electron chi connectivity index (χ0n) is 18.7. The number of hydrogen-bond acceptors (Lipinski definition) is 5. The van der Waals surface area contributed by atoms with Crippen LogP contribution in [0.5, 0.6) is 0 Å². The van der Waals surface area contributed by atoms with Crippen LogP contribution in [0.1, 0.15) is 23.6 Å². The van der Waals surface area contributed by atoms with Crippen LogP contribution in [0.25, 0.3) is 0 Å². The van der Waals surface area contributed by atoms with Gasteiger partial charge in [0, 0.05) is 33.9 Å². The van der Waals surface area contributed by atoms with Crippen molar-refractivity contribution in [2.75, 3.05) is 40.1 Å². The molecule has 0 aliphatic heterocycles. The highest BCUT2D eigenvalue weighted by Gasteiger charge is 2.32. The molecule has 2 rings (SSSR count). The number of benzene rings is 2. The summed E-state index contributed by atoms with van der Waals surface area (Å²) in [6.07, 6.45) is 1.67. The van der Waals surface area contributed by atoms with E-state index in [0.717, 1.165) is 16.1 Å². The maximum atomic E-state index is 13.3. The normalized spacial score (nSPS) is 12.4. The van der Waals surface area contributed by atoms with Gasteiger partial charge in [-0.3, -0.25) is 9.59 Å². The van der Waals surface area contributed by atoms with Gasteiger partial charge in [-0.25, -0.2) is 8.42 Å². The fourth-order valence-corrected chi connectivity index (χ4v) is 3.48. The maximum Gasteiger partial charge on any atom is 0.247 e. The fourth-order valence-electron chi connectivity index (χ4n) is 3.14.